The van der Waals surface area contributed by atoms with E-state index in [1.165, 1.54) is 12.5 Å². The summed E-state index contributed by atoms with van der Waals surface area (Å²) < 4.78 is 5.14. The van der Waals surface area contributed by atoms with Crippen molar-refractivity contribution < 1.29 is 4.52 Å². The van der Waals surface area contributed by atoms with E-state index in [4.69, 9.17) is 21.9 Å². The second-order valence-corrected chi connectivity index (χ2v) is 4.56. The Morgan fingerprint density at radius 2 is 2.17 bits per heavy atom. The molecule has 1 fully saturated rings. The van der Waals surface area contributed by atoms with E-state index in [2.05, 4.69) is 20.1 Å². The summed E-state index contributed by atoms with van der Waals surface area (Å²) in [5.41, 5.74) is 6.09. The van der Waals surface area contributed by atoms with Crippen molar-refractivity contribution in [3.8, 4) is 11.6 Å². The van der Waals surface area contributed by atoms with Crippen molar-refractivity contribution in [3.63, 3.8) is 0 Å². The van der Waals surface area contributed by atoms with Crippen LogP contribution in [-0.4, -0.2) is 20.1 Å². The highest BCUT2D eigenvalue weighted by molar-refractivity contribution is 6.32. The Kier molecular flexibility index (Phi) is 3.52. The predicted octanol–water partition coefficient (Wildman–Crippen LogP) is 1.94. The Labute approximate surface area is 114 Å². The quantitative estimate of drug-likeness (QED) is 0.908. The Hall–Kier alpha value is -1.24. The number of halogens is 2. The maximum absolute atomic E-state index is 6.10. The van der Waals surface area contributed by atoms with Crippen LogP contribution >= 0.6 is 24.0 Å². The van der Waals surface area contributed by atoms with E-state index >= 15 is 0 Å². The molecule has 0 aliphatic heterocycles. The number of nitrogens with two attached hydrogens (primary N) is 1. The van der Waals surface area contributed by atoms with E-state index < -0.39 is 5.54 Å². The Bertz CT molecular complexity index is 555. The number of hydrogen-bond donors (Lipinski definition) is 1. The Balaban J connectivity index is 0.00000120. The van der Waals surface area contributed by atoms with Gasteiger partial charge in [0.2, 0.25) is 0 Å². The van der Waals surface area contributed by atoms with Gasteiger partial charge in [0, 0.05) is 6.20 Å². The third-order valence-electron chi connectivity index (χ3n) is 2.99. The van der Waals surface area contributed by atoms with E-state index in [1.807, 2.05) is 0 Å². The Morgan fingerprint density at radius 1 is 1.39 bits per heavy atom. The van der Waals surface area contributed by atoms with Crippen LogP contribution in [0.15, 0.2) is 17.0 Å². The lowest BCUT2D eigenvalue weighted by molar-refractivity contribution is 0.229. The first kappa shape index (κ1) is 13.2. The summed E-state index contributed by atoms with van der Waals surface area (Å²) in [4.78, 5) is 12.1. The minimum Gasteiger partial charge on any atom is -0.332 e. The summed E-state index contributed by atoms with van der Waals surface area (Å²) in [7, 11) is 0. The molecular weight excluding hydrogens is 277 g/mol. The first-order valence-corrected chi connectivity index (χ1v) is 5.66. The van der Waals surface area contributed by atoms with Crippen LogP contribution < -0.4 is 5.73 Å². The second kappa shape index (κ2) is 4.79. The summed E-state index contributed by atoms with van der Waals surface area (Å²) >= 11 is 5.95. The van der Waals surface area contributed by atoms with Crippen molar-refractivity contribution in [1.82, 2.24) is 20.1 Å². The van der Waals surface area contributed by atoms with Crippen molar-refractivity contribution in [2.24, 2.45) is 5.73 Å². The molecule has 0 bridgehead atoms. The lowest BCUT2D eigenvalue weighted by atomic mass is 9.77. The van der Waals surface area contributed by atoms with Crippen LogP contribution in [0.4, 0.5) is 0 Å². The highest BCUT2D eigenvalue weighted by Gasteiger charge is 2.39. The first-order valence-electron chi connectivity index (χ1n) is 5.28. The zero-order valence-electron chi connectivity index (χ0n) is 9.34. The molecule has 0 amide bonds. The van der Waals surface area contributed by atoms with Crippen LogP contribution in [0.3, 0.4) is 0 Å². The van der Waals surface area contributed by atoms with Crippen LogP contribution in [0.25, 0.3) is 11.6 Å². The molecule has 0 unspecified atom stereocenters. The number of hydrogen-bond acceptors (Lipinski definition) is 6. The molecule has 2 N–H and O–H groups in total. The van der Waals surface area contributed by atoms with Gasteiger partial charge in [-0.2, -0.15) is 4.98 Å². The Morgan fingerprint density at radius 3 is 2.78 bits per heavy atom. The molecule has 0 saturated heterocycles. The van der Waals surface area contributed by atoms with Gasteiger partial charge in [-0.05, 0) is 19.3 Å². The molecule has 1 saturated carbocycles. The molecule has 0 aromatic carbocycles. The summed E-state index contributed by atoms with van der Waals surface area (Å²) in [5.74, 6) is 0.803. The van der Waals surface area contributed by atoms with Gasteiger partial charge < -0.3 is 10.3 Å². The maximum atomic E-state index is 6.10. The average molecular weight is 288 g/mol. The van der Waals surface area contributed by atoms with Crippen LogP contribution in [0.2, 0.25) is 5.02 Å². The fraction of sp³-hybridized carbons (Fsp3) is 0.400. The molecule has 2 heterocycles. The van der Waals surface area contributed by atoms with Crippen molar-refractivity contribution in [2.75, 3.05) is 0 Å². The van der Waals surface area contributed by atoms with E-state index in [9.17, 15) is 0 Å². The topological polar surface area (TPSA) is 90.7 Å². The third kappa shape index (κ3) is 2.07. The molecule has 2 aromatic rings. The monoisotopic (exact) mass is 287 g/mol. The number of rotatable bonds is 2. The van der Waals surface area contributed by atoms with E-state index in [1.54, 1.807) is 0 Å². The van der Waals surface area contributed by atoms with Crippen LogP contribution in [0.1, 0.15) is 25.1 Å². The van der Waals surface area contributed by atoms with E-state index in [0.717, 1.165) is 19.3 Å². The van der Waals surface area contributed by atoms with Gasteiger partial charge in [0.05, 0.1) is 10.6 Å². The standard InChI is InChI=1S/C10H10ClN5O.ClH/c11-6-4-13-5-14-7(6)8-15-9(16-17-8)10(12)2-1-3-10;/h4-5H,1-3,12H2;1H. The van der Waals surface area contributed by atoms with E-state index in [0.29, 0.717) is 16.5 Å². The maximum Gasteiger partial charge on any atom is 0.278 e. The molecule has 3 rings (SSSR count). The van der Waals surface area contributed by atoms with Crippen molar-refractivity contribution in [2.45, 2.75) is 24.8 Å². The van der Waals surface area contributed by atoms with Gasteiger partial charge in [-0.15, -0.1) is 12.4 Å². The zero-order chi connectivity index (χ0) is 11.9. The van der Waals surface area contributed by atoms with Gasteiger partial charge >= 0.3 is 0 Å². The highest BCUT2D eigenvalue weighted by atomic mass is 35.5. The van der Waals surface area contributed by atoms with Gasteiger partial charge in [0.1, 0.15) is 6.33 Å². The minimum atomic E-state index is -0.443. The van der Waals surface area contributed by atoms with Gasteiger partial charge in [-0.3, -0.25) is 0 Å². The van der Waals surface area contributed by atoms with Crippen molar-refractivity contribution in [1.29, 1.82) is 0 Å². The molecule has 1 aliphatic rings. The molecule has 0 radical (unpaired) electrons. The normalized spacial score (nSPS) is 16.8. The molecule has 96 valence electrons. The molecule has 1 aliphatic carbocycles. The smallest absolute Gasteiger partial charge is 0.278 e. The summed E-state index contributed by atoms with van der Waals surface area (Å²) in [6.45, 7) is 0. The first-order chi connectivity index (χ1) is 8.19. The molecule has 6 nitrogen and oxygen atoms in total. The van der Waals surface area contributed by atoms with Gasteiger partial charge in [-0.25, -0.2) is 9.97 Å². The van der Waals surface area contributed by atoms with Crippen molar-refractivity contribution >= 4 is 24.0 Å². The summed E-state index contributed by atoms with van der Waals surface area (Å²) in [6.07, 6.45) is 5.71. The summed E-state index contributed by atoms with van der Waals surface area (Å²) in [5, 5.41) is 4.27. The van der Waals surface area contributed by atoms with Crippen molar-refractivity contribution in [3.05, 3.63) is 23.4 Å². The molecule has 0 spiro atoms. The van der Waals surface area contributed by atoms with E-state index in [-0.39, 0.29) is 18.3 Å². The highest BCUT2D eigenvalue weighted by Crippen LogP contribution is 2.37. The minimum absolute atomic E-state index is 0. The molecule has 8 heteroatoms. The number of aromatic nitrogens is 4. The predicted molar refractivity (Wildman–Crippen MR) is 67.3 cm³/mol. The molecular formula is C10H11Cl2N5O. The van der Waals surface area contributed by atoms with Crippen LogP contribution in [0.5, 0.6) is 0 Å². The average Bonchev–Trinajstić information content (AvgIpc) is 2.76. The lowest BCUT2D eigenvalue weighted by Crippen LogP contribution is -2.44. The summed E-state index contributed by atoms with van der Waals surface area (Å²) in [6, 6.07) is 0. The molecule has 18 heavy (non-hydrogen) atoms. The molecule has 0 atom stereocenters. The largest absolute Gasteiger partial charge is 0.332 e. The van der Waals surface area contributed by atoms with Gasteiger partial charge in [-0.1, -0.05) is 16.8 Å². The second-order valence-electron chi connectivity index (χ2n) is 4.15. The van der Waals surface area contributed by atoms with Crippen LogP contribution in [0, 0.1) is 0 Å². The fourth-order valence-electron chi connectivity index (χ4n) is 1.77. The van der Waals surface area contributed by atoms with Gasteiger partial charge in [0.25, 0.3) is 5.89 Å². The van der Waals surface area contributed by atoms with Crippen LogP contribution in [-0.2, 0) is 5.54 Å². The number of nitrogens with zero attached hydrogens (tertiary/aromatic N) is 4. The SMILES string of the molecule is Cl.NC1(c2noc(-c3ncncc3Cl)n2)CCC1. The molecule has 2 aromatic heterocycles. The third-order valence-corrected chi connectivity index (χ3v) is 3.26. The fourth-order valence-corrected chi connectivity index (χ4v) is 1.96. The van der Waals surface area contributed by atoms with Gasteiger partial charge in [0.15, 0.2) is 11.5 Å². The zero-order valence-corrected chi connectivity index (χ0v) is 10.9. The lowest BCUT2D eigenvalue weighted by Gasteiger charge is -2.34.